The van der Waals surface area contributed by atoms with Crippen LogP contribution in [0.3, 0.4) is 0 Å². The van der Waals surface area contributed by atoms with Crippen LogP contribution in [0.5, 0.6) is 0 Å². The van der Waals surface area contributed by atoms with E-state index in [1.165, 1.54) is 4.88 Å². The van der Waals surface area contributed by atoms with Crippen molar-refractivity contribution < 1.29 is 9.90 Å². The zero-order valence-electron chi connectivity index (χ0n) is 12.1. The lowest BCUT2D eigenvalue weighted by atomic mass is 10.1. The van der Waals surface area contributed by atoms with Gasteiger partial charge in [0.15, 0.2) is 0 Å². The number of aliphatic carboxylic acids is 1. The number of carboxylic acids is 1. The molecular formula is C18H20O2S. The summed E-state index contributed by atoms with van der Waals surface area (Å²) in [6, 6.07) is 4.17. The molecule has 0 radical (unpaired) electrons. The van der Waals surface area contributed by atoms with Gasteiger partial charge < -0.3 is 5.11 Å². The molecule has 1 rings (SSSR count). The molecule has 0 aliphatic carbocycles. The van der Waals surface area contributed by atoms with Crippen molar-refractivity contribution in [3.05, 3.63) is 34.0 Å². The van der Waals surface area contributed by atoms with Gasteiger partial charge in [0.2, 0.25) is 0 Å². The Hall–Kier alpha value is -1.97. The molecule has 0 amide bonds. The maximum absolute atomic E-state index is 10.4. The number of carbonyl (C=O) groups is 1. The molecule has 0 aliphatic heterocycles. The van der Waals surface area contributed by atoms with Gasteiger partial charge in [-0.15, -0.1) is 17.8 Å². The molecule has 0 atom stereocenters. The molecule has 3 heteroatoms. The standard InChI is InChI=1S/C18H20O2S/c1-2-3-4-5-6-8-11-16-14-15-17(21-16)12-9-7-10-13-18(19)20/h1,3-4,14-15H,5-8,10-11,13H2,(H,19,20)/b4-3+. The van der Waals surface area contributed by atoms with E-state index in [1.807, 2.05) is 12.1 Å². The van der Waals surface area contributed by atoms with Gasteiger partial charge in [-0.1, -0.05) is 23.8 Å². The Labute approximate surface area is 130 Å². The molecule has 0 bridgehead atoms. The van der Waals surface area contributed by atoms with Crippen molar-refractivity contribution in [2.45, 2.75) is 44.9 Å². The molecule has 1 aromatic rings. The van der Waals surface area contributed by atoms with Crippen LogP contribution in [0.25, 0.3) is 0 Å². The van der Waals surface area contributed by atoms with E-state index in [0.717, 1.165) is 30.6 Å². The Kier molecular flexibility index (Phi) is 8.76. The largest absolute Gasteiger partial charge is 0.481 e. The summed E-state index contributed by atoms with van der Waals surface area (Å²) in [5, 5.41) is 8.52. The van der Waals surface area contributed by atoms with Crippen LogP contribution < -0.4 is 0 Å². The molecule has 0 aliphatic rings. The van der Waals surface area contributed by atoms with Gasteiger partial charge in [-0.05, 0) is 50.3 Å². The minimum Gasteiger partial charge on any atom is -0.481 e. The number of aryl methyl sites for hydroxylation is 1. The summed E-state index contributed by atoms with van der Waals surface area (Å²) < 4.78 is 0. The van der Waals surface area contributed by atoms with Gasteiger partial charge in [0.05, 0.1) is 4.88 Å². The predicted molar refractivity (Wildman–Crippen MR) is 88.2 cm³/mol. The van der Waals surface area contributed by atoms with Crippen molar-refractivity contribution in [1.29, 1.82) is 0 Å². The minimum absolute atomic E-state index is 0.193. The van der Waals surface area contributed by atoms with Crippen molar-refractivity contribution in [1.82, 2.24) is 0 Å². The third-order valence-corrected chi connectivity index (χ3v) is 3.88. The number of rotatable bonds is 8. The Bertz CT molecular complexity index is 564. The van der Waals surface area contributed by atoms with Crippen molar-refractivity contribution in [2.75, 3.05) is 0 Å². The molecule has 0 saturated heterocycles. The first kappa shape index (κ1) is 17.1. The third kappa shape index (κ3) is 8.74. The van der Waals surface area contributed by atoms with E-state index in [9.17, 15) is 4.79 Å². The number of thiophene rings is 1. The average molecular weight is 300 g/mol. The second-order valence-corrected chi connectivity index (χ2v) is 5.80. The van der Waals surface area contributed by atoms with E-state index in [0.29, 0.717) is 12.8 Å². The minimum atomic E-state index is -0.757. The Morgan fingerprint density at radius 2 is 2.19 bits per heavy atom. The number of carboxylic acid groups (broad SMARTS) is 1. The monoisotopic (exact) mass is 300 g/mol. The number of allylic oxidation sites excluding steroid dienone is 2. The fraction of sp³-hybridized carbons (Fsp3) is 0.389. The van der Waals surface area contributed by atoms with Crippen LogP contribution in [0.4, 0.5) is 0 Å². The SMILES string of the molecule is C#C/C=C/CCCCc1ccc(C#CCCCC(=O)O)s1. The molecule has 21 heavy (non-hydrogen) atoms. The lowest BCUT2D eigenvalue weighted by Gasteiger charge is -1.95. The van der Waals surface area contributed by atoms with Crippen LogP contribution in [-0.4, -0.2) is 11.1 Å². The van der Waals surface area contributed by atoms with E-state index >= 15 is 0 Å². The first-order valence-corrected chi connectivity index (χ1v) is 7.94. The van der Waals surface area contributed by atoms with Crippen molar-refractivity contribution in [2.24, 2.45) is 0 Å². The molecule has 0 saturated carbocycles. The Morgan fingerprint density at radius 3 is 2.95 bits per heavy atom. The van der Waals surface area contributed by atoms with Crippen LogP contribution in [0.1, 0.15) is 48.3 Å². The highest BCUT2D eigenvalue weighted by Crippen LogP contribution is 2.18. The van der Waals surface area contributed by atoms with E-state index in [-0.39, 0.29) is 6.42 Å². The molecule has 0 spiro atoms. The highest BCUT2D eigenvalue weighted by molar-refractivity contribution is 7.12. The molecular weight excluding hydrogens is 280 g/mol. The van der Waals surface area contributed by atoms with Crippen LogP contribution in [0.2, 0.25) is 0 Å². The second kappa shape index (κ2) is 10.8. The van der Waals surface area contributed by atoms with Gasteiger partial charge in [-0.2, -0.15) is 0 Å². The normalized spacial score (nSPS) is 10.0. The molecule has 0 aromatic carbocycles. The number of hydrogen-bond acceptors (Lipinski definition) is 2. The van der Waals surface area contributed by atoms with E-state index in [1.54, 1.807) is 17.4 Å². The van der Waals surface area contributed by atoms with Gasteiger partial charge in [-0.25, -0.2) is 0 Å². The van der Waals surface area contributed by atoms with E-state index in [4.69, 9.17) is 11.5 Å². The maximum atomic E-state index is 10.4. The van der Waals surface area contributed by atoms with Gasteiger partial charge in [0.1, 0.15) is 0 Å². The second-order valence-electron chi connectivity index (χ2n) is 4.63. The van der Waals surface area contributed by atoms with Gasteiger partial charge in [0, 0.05) is 17.7 Å². The summed E-state index contributed by atoms with van der Waals surface area (Å²) in [6.45, 7) is 0. The summed E-state index contributed by atoms with van der Waals surface area (Å²) in [7, 11) is 0. The number of terminal acetylenes is 1. The Morgan fingerprint density at radius 1 is 1.33 bits per heavy atom. The molecule has 0 unspecified atom stereocenters. The van der Waals surface area contributed by atoms with Crippen molar-refractivity contribution in [3.63, 3.8) is 0 Å². The fourth-order valence-electron chi connectivity index (χ4n) is 1.77. The van der Waals surface area contributed by atoms with Crippen LogP contribution in [-0.2, 0) is 11.2 Å². The lowest BCUT2D eigenvalue weighted by molar-refractivity contribution is -0.137. The van der Waals surface area contributed by atoms with Crippen molar-refractivity contribution in [3.8, 4) is 24.2 Å². The predicted octanol–water partition coefficient (Wildman–Crippen LogP) is 4.26. The van der Waals surface area contributed by atoms with Crippen molar-refractivity contribution >= 4 is 17.3 Å². The summed E-state index contributed by atoms with van der Waals surface area (Å²) in [5.41, 5.74) is 0. The number of unbranched alkanes of at least 4 members (excludes halogenated alkanes) is 3. The van der Waals surface area contributed by atoms with E-state index in [2.05, 4.69) is 23.8 Å². The Balaban J connectivity index is 2.24. The molecule has 110 valence electrons. The number of hydrogen-bond donors (Lipinski definition) is 1. The summed E-state index contributed by atoms with van der Waals surface area (Å²) in [4.78, 5) is 12.8. The van der Waals surface area contributed by atoms with E-state index < -0.39 is 5.97 Å². The molecule has 1 N–H and O–H groups in total. The maximum Gasteiger partial charge on any atom is 0.303 e. The smallest absolute Gasteiger partial charge is 0.303 e. The molecule has 0 fully saturated rings. The van der Waals surface area contributed by atoms with Gasteiger partial charge >= 0.3 is 5.97 Å². The van der Waals surface area contributed by atoms with Crippen LogP contribution in [0, 0.1) is 24.2 Å². The third-order valence-electron chi connectivity index (χ3n) is 2.82. The quantitative estimate of drug-likeness (QED) is 0.575. The highest BCUT2D eigenvalue weighted by Gasteiger charge is 1.98. The van der Waals surface area contributed by atoms with Crippen LogP contribution >= 0.6 is 11.3 Å². The zero-order chi connectivity index (χ0) is 15.3. The lowest BCUT2D eigenvalue weighted by Crippen LogP contribution is -1.92. The van der Waals surface area contributed by atoms with Crippen LogP contribution in [0.15, 0.2) is 24.3 Å². The molecule has 1 aromatic heterocycles. The topological polar surface area (TPSA) is 37.3 Å². The highest BCUT2D eigenvalue weighted by atomic mass is 32.1. The average Bonchev–Trinajstić information content (AvgIpc) is 2.90. The summed E-state index contributed by atoms with van der Waals surface area (Å²) in [5.74, 6) is 7.86. The molecule has 2 nitrogen and oxygen atoms in total. The summed E-state index contributed by atoms with van der Waals surface area (Å²) >= 11 is 1.73. The first-order chi connectivity index (χ1) is 10.2. The first-order valence-electron chi connectivity index (χ1n) is 7.13. The van der Waals surface area contributed by atoms with Gasteiger partial charge in [-0.3, -0.25) is 4.79 Å². The zero-order valence-corrected chi connectivity index (χ0v) is 12.9. The molecule has 1 heterocycles. The fourth-order valence-corrected chi connectivity index (χ4v) is 2.69. The van der Waals surface area contributed by atoms with Gasteiger partial charge in [0.25, 0.3) is 0 Å². The summed E-state index contributed by atoms with van der Waals surface area (Å²) in [6.07, 6.45) is 14.8.